The number of methoxy groups -OCH3 is 1. The van der Waals surface area contributed by atoms with Crippen molar-refractivity contribution in [1.29, 1.82) is 0 Å². The summed E-state index contributed by atoms with van der Waals surface area (Å²) in [5.74, 6) is 0.468. The van der Waals surface area contributed by atoms with Crippen molar-refractivity contribution in [3.05, 3.63) is 69.6 Å². The van der Waals surface area contributed by atoms with E-state index in [0.29, 0.717) is 34.5 Å². The zero-order chi connectivity index (χ0) is 18.7. The van der Waals surface area contributed by atoms with Gasteiger partial charge in [-0.2, -0.15) is 0 Å². The average molecular weight is 352 g/mol. The van der Waals surface area contributed by atoms with E-state index >= 15 is 0 Å². The first-order valence-electron chi connectivity index (χ1n) is 8.45. The Morgan fingerprint density at radius 1 is 1.15 bits per heavy atom. The number of esters is 1. The third-order valence-electron chi connectivity index (χ3n) is 4.06. The van der Waals surface area contributed by atoms with Crippen LogP contribution in [0.5, 0.6) is 11.5 Å². The van der Waals surface area contributed by atoms with Crippen molar-refractivity contribution >= 4 is 16.9 Å². The van der Waals surface area contributed by atoms with E-state index in [-0.39, 0.29) is 0 Å². The van der Waals surface area contributed by atoms with Gasteiger partial charge in [-0.05, 0) is 54.8 Å². The van der Waals surface area contributed by atoms with Gasteiger partial charge in [-0.1, -0.05) is 19.4 Å². The highest BCUT2D eigenvalue weighted by Crippen LogP contribution is 2.31. The maximum Gasteiger partial charge on any atom is 0.343 e. The number of rotatable bonds is 5. The van der Waals surface area contributed by atoms with Crippen molar-refractivity contribution in [1.82, 2.24) is 0 Å². The molecular weight excluding hydrogens is 332 g/mol. The summed E-state index contributed by atoms with van der Waals surface area (Å²) in [6.07, 6.45) is 1.55. The topological polar surface area (TPSA) is 65.7 Å². The molecular formula is C21H20O5. The minimum atomic E-state index is -0.496. The summed E-state index contributed by atoms with van der Waals surface area (Å²) in [7, 11) is 1.54. The third kappa shape index (κ3) is 3.61. The summed E-state index contributed by atoms with van der Waals surface area (Å²) in [5, 5.41) is 0.660. The van der Waals surface area contributed by atoms with E-state index in [1.807, 2.05) is 13.8 Å². The Morgan fingerprint density at radius 3 is 2.69 bits per heavy atom. The molecule has 0 saturated heterocycles. The Kier molecular flexibility index (Phi) is 5.07. The van der Waals surface area contributed by atoms with Crippen LogP contribution in [0.2, 0.25) is 0 Å². The van der Waals surface area contributed by atoms with E-state index in [4.69, 9.17) is 13.9 Å². The fraction of sp³-hybridized carbons (Fsp3) is 0.238. The number of ether oxygens (including phenoxy) is 2. The predicted molar refractivity (Wildman–Crippen MR) is 99.2 cm³/mol. The van der Waals surface area contributed by atoms with Crippen LogP contribution in [0.1, 0.15) is 34.8 Å². The van der Waals surface area contributed by atoms with Crippen LogP contribution < -0.4 is 15.1 Å². The number of benzene rings is 2. The maximum atomic E-state index is 12.6. The van der Waals surface area contributed by atoms with Crippen molar-refractivity contribution in [2.45, 2.75) is 26.7 Å². The Bertz CT molecular complexity index is 1020. The molecule has 5 heteroatoms. The van der Waals surface area contributed by atoms with Crippen LogP contribution in [0.3, 0.4) is 0 Å². The van der Waals surface area contributed by atoms with Gasteiger partial charge in [-0.3, -0.25) is 0 Å². The molecule has 0 spiro atoms. The van der Waals surface area contributed by atoms with Gasteiger partial charge in [0.05, 0.1) is 18.1 Å². The lowest BCUT2D eigenvalue weighted by Gasteiger charge is -2.12. The molecule has 26 heavy (non-hydrogen) atoms. The zero-order valence-electron chi connectivity index (χ0n) is 15.0. The quantitative estimate of drug-likeness (QED) is 0.389. The largest absolute Gasteiger partial charge is 0.497 e. The van der Waals surface area contributed by atoms with E-state index in [1.54, 1.807) is 36.4 Å². The van der Waals surface area contributed by atoms with Crippen LogP contribution in [-0.2, 0) is 6.42 Å². The fourth-order valence-corrected chi connectivity index (χ4v) is 2.93. The van der Waals surface area contributed by atoms with Gasteiger partial charge in [0, 0.05) is 6.07 Å². The zero-order valence-corrected chi connectivity index (χ0v) is 15.0. The van der Waals surface area contributed by atoms with Crippen LogP contribution >= 0.6 is 0 Å². The molecule has 0 aliphatic rings. The molecule has 3 aromatic rings. The third-order valence-corrected chi connectivity index (χ3v) is 4.06. The molecule has 0 aliphatic carbocycles. The molecule has 0 N–H and O–H groups in total. The first-order valence-corrected chi connectivity index (χ1v) is 8.45. The predicted octanol–water partition coefficient (Wildman–Crippen LogP) is 4.28. The highest BCUT2D eigenvalue weighted by molar-refractivity contribution is 5.95. The normalized spacial score (nSPS) is 10.7. The summed E-state index contributed by atoms with van der Waals surface area (Å²) in [6, 6.07) is 11.8. The number of carbonyl (C=O) groups excluding carboxylic acids is 1. The van der Waals surface area contributed by atoms with Crippen molar-refractivity contribution < 1.29 is 18.7 Å². The molecule has 0 bridgehead atoms. The van der Waals surface area contributed by atoms with Gasteiger partial charge in [0.2, 0.25) is 0 Å². The summed E-state index contributed by atoms with van der Waals surface area (Å²) in [4.78, 5) is 24.4. The van der Waals surface area contributed by atoms with E-state index in [9.17, 15) is 9.59 Å². The van der Waals surface area contributed by atoms with Crippen LogP contribution in [0, 0.1) is 6.92 Å². The molecule has 0 fully saturated rings. The Balaban J connectivity index is 2.08. The van der Waals surface area contributed by atoms with Gasteiger partial charge >= 0.3 is 11.6 Å². The van der Waals surface area contributed by atoms with Crippen LogP contribution in [0.25, 0.3) is 11.0 Å². The Hall–Kier alpha value is -3.08. The van der Waals surface area contributed by atoms with Gasteiger partial charge in [-0.15, -0.1) is 0 Å². The van der Waals surface area contributed by atoms with Gasteiger partial charge < -0.3 is 13.9 Å². The second kappa shape index (κ2) is 7.44. The molecule has 0 aliphatic heterocycles. The van der Waals surface area contributed by atoms with Crippen molar-refractivity contribution in [3.63, 3.8) is 0 Å². The average Bonchev–Trinajstić information content (AvgIpc) is 2.61. The van der Waals surface area contributed by atoms with Crippen molar-refractivity contribution in [3.8, 4) is 11.5 Å². The first-order chi connectivity index (χ1) is 12.5. The van der Waals surface area contributed by atoms with Crippen LogP contribution in [-0.4, -0.2) is 13.1 Å². The lowest BCUT2D eigenvalue weighted by atomic mass is 10.0. The molecule has 0 amide bonds. The molecule has 2 aromatic carbocycles. The molecule has 0 unspecified atom stereocenters. The summed E-state index contributed by atoms with van der Waals surface area (Å²) < 4.78 is 16.1. The lowest BCUT2D eigenvalue weighted by Crippen LogP contribution is -2.10. The summed E-state index contributed by atoms with van der Waals surface area (Å²) in [6.45, 7) is 3.88. The molecule has 134 valence electrons. The first kappa shape index (κ1) is 17.7. The van der Waals surface area contributed by atoms with E-state index in [2.05, 4.69) is 0 Å². The van der Waals surface area contributed by atoms with Crippen molar-refractivity contribution in [2.75, 3.05) is 7.11 Å². The molecule has 1 heterocycles. The smallest absolute Gasteiger partial charge is 0.343 e. The van der Waals surface area contributed by atoms with Gasteiger partial charge in [-0.25, -0.2) is 9.59 Å². The standard InChI is InChI=1S/C21H20O5/c1-4-6-14-12-19(22)25-17-9-13(2)10-18(20(14)17)26-21(23)15-7-5-8-16(11-15)24-3/h5,7-12H,4,6H2,1-3H3. The minimum absolute atomic E-state index is 0.383. The van der Waals surface area contributed by atoms with Crippen LogP contribution in [0.15, 0.2) is 51.7 Å². The number of fused-ring (bicyclic) bond motifs is 1. The summed E-state index contributed by atoms with van der Waals surface area (Å²) in [5.41, 5.74) is 2.05. The SMILES string of the molecule is CCCc1cc(=O)oc2cc(C)cc(OC(=O)c3cccc(OC)c3)c12. The number of hydrogen-bond acceptors (Lipinski definition) is 5. The maximum absolute atomic E-state index is 12.6. The number of hydrogen-bond donors (Lipinski definition) is 0. The Labute approximate surface area is 151 Å². The Morgan fingerprint density at radius 2 is 1.96 bits per heavy atom. The van der Waals surface area contributed by atoms with Gasteiger partial charge in [0.25, 0.3) is 0 Å². The molecule has 3 rings (SSSR count). The summed E-state index contributed by atoms with van der Waals surface area (Å²) >= 11 is 0. The van der Waals surface area contributed by atoms with Crippen molar-refractivity contribution in [2.24, 2.45) is 0 Å². The van der Waals surface area contributed by atoms with Gasteiger partial charge in [0.1, 0.15) is 17.1 Å². The molecule has 1 aromatic heterocycles. The van der Waals surface area contributed by atoms with E-state index in [0.717, 1.165) is 17.5 Å². The number of aryl methyl sites for hydroxylation is 2. The highest BCUT2D eigenvalue weighted by atomic mass is 16.5. The molecule has 0 atom stereocenters. The number of carbonyl (C=O) groups is 1. The highest BCUT2D eigenvalue weighted by Gasteiger charge is 2.16. The molecule has 5 nitrogen and oxygen atoms in total. The second-order valence-electron chi connectivity index (χ2n) is 6.10. The van der Waals surface area contributed by atoms with E-state index < -0.39 is 11.6 Å². The lowest BCUT2D eigenvalue weighted by molar-refractivity contribution is 0.0736. The second-order valence-corrected chi connectivity index (χ2v) is 6.10. The monoisotopic (exact) mass is 352 g/mol. The molecule has 0 saturated carbocycles. The van der Waals surface area contributed by atoms with Gasteiger partial charge in [0.15, 0.2) is 0 Å². The minimum Gasteiger partial charge on any atom is -0.497 e. The molecule has 0 radical (unpaired) electrons. The van der Waals surface area contributed by atoms with Crippen LogP contribution in [0.4, 0.5) is 0 Å². The van der Waals surface area contributed by atoms with E-state index in [1.165, 1.54) is 13.2 Å². The fourth-order valence-electron chi connectivity index (χ4n) is 2.93.